The summed E-state index contributed by atoms with van der Waals surface area (Å²) in [5, 5.41) is 6.53. The van der Waals surface area contributed by atoms with Gasteiger partial charge in [0.15, 0.2) is 6.29 Å². The van der Waals surface area contributed by atoms with Crippen molar-refractivity contribution in [3.8, 4) is 5.75 Å². The van der Waals surface area contributed by atoms with Crippen LogP contribution >= 0.6 is 0 Å². The van der Waals surface area contributed by atoms with Gasteiger partial charge in [-0.25, -0.2) is 0 Å². The lowest BCUT2D eigenvalue weighted by atomic mass is 10.1. The summed E-state index contributed by atoms with van der Waals surface area (Å²) < 4.78 is 11.5. The zero-order valence-corrected chi connectivity index (χ0v) is 27.8. The summed E-state index contributed by atoms with van der Waals surface area (Å²) in [6.07, 6.45) is 3.74. The maximum atomic E-state index is 13.4. The lowest BCUT2D eigenvalue weighted by Gasteiger charge is -2.32. The number of aldehydes is 1. The Morgan fingerprint density at radius 1 is 0.896 bits per heavy atom. The summed E-state index contributed by atoms with van der Waals surface area (Å²) >= 11 is 0. The minimum absolute atomic E-state index is 0.167. The molecule has 4 aromatic rings. The second-order valence-electron chi connectivity index (χ2n) is 12.2. The van der Waals surface area contributed by atoms with Crippen LogP contribution in [0, 0.1) is 6.92 Å². The second kappa shape index (κ2) is 16.2. The quantitative estimate of drug-likeness (QED) is 0.118. The minimum atomic E-state index is -0.352. The predicted octanol–water partition coefficient (Wildman–Crippen LogP) is 5.65. The molecule has 0 radical (unpaired) electrons. The molecule has 11 nitrogen and oxygen atoms in total. The Bertz CT molecular complexity index is 1780. The van der Waals surface area contributed by atoms with E-state index in [4.69, 9.17) is 9.47 Å². The number of aromatic nitrogens is 1. The van der Waals surface area contributed by atoms with Gasteiger partial charge in [-0.1, -0.05) is 12.1 Å². The van der Waals surface area contributed by atoms with E-state index in [2.05, 4.69) is 27.6 Å². The van der Waals surface area contributed by atoms with Crippen molar-refractivity contribution in [1.29, 1.82) is 0 Å². The highest BCUT2D eigenvalue weighted by molar-refractivity contribution is 6.13. The Kier molecular flexibility index (Phi) is 11.6. The van der Waals surface area contributed by atoms with Gasteiger partial charge in [0.2, 0.25) is 5.91 Å². The number of carbonyl (C=O) groups excluding carboxylic acids is 4. The third-order valence-corrected chi connectivity index (χ3v) is 8.51. The number of fused-ring (bicyclic) bond motifs is 1. The van der Waals surface area contributed by atoms with Crippen LogP contribution in [0.1, 0.15) is 68.0 Å². The first kappa shape index (κ1) is 34.3. The number of piperazine rings is 1. The average Bonchev–Trinajstić information content (AvgIpc) is 3.52. The third-order valence-electron chi connectivity index (χ3n) is 8.51. The molecule has 1 aromatic heterocycles. The number of likely N-dealkylation sites (N-methyl/N-ethyl adjacent to an activating group) is 1. The Balaban J connectivity index is 1.18. The monoisotopic (exact) mass is 653 g/mol. The van der Waals surface area contributed by atoms with Crippen LogP contribution < -0.4 is 15.4 Å². The van der Waals surface area contributed by atoms with Crippen molar-refractivity contribution >= 4 is 46.3 Å². The minimum Gasteiger partial charge on any atom is -0.491 e. The van der Waals surface area contributed by atoms with Gasteiger partial charge in [-0.15, -0.1) is 0 Å². The first-order valence-electron chi connectivity index (χ1n) is 16.3. The molecule has 11 heteroatoms. The van der Waals surface area contributed by atoms with Crippen LogP contribution in [0.25, 0.3) is 10.9 Å². The predicted molar refractivity (Wildman–Crippen MR) is 186 cm³/mol. The fraction of sp³-hybridized carbons (Fsp3) is 0.351. The Morgan fingerprint density at radius 3 is 2.44 bits per heavy atom. The Hall–Kier alpha value is -5.00. The van der Waals surface area contributed by atoms with Crippen LogP contribution in [0.2, 0.25) is 0 Å². The maximum Gasteiger partial charge on any atom is 0.256 e. The molecule has 3 N–H and O–H groups in total. The number of aromatic amines is 1. The summed E-state index contributed by atoms with van der Waals surface area (Å²) in [7, 11) is 3.62. The molecule has 5 rings (SSSR count). The van der Waals surface area contributed by atoms with Gasteiger partial charge in [-0.2, -0.15) is 0 Å². The lowest BCUT2D eigenvalue weighted by molar-refractivity contribution is -0.132. The number of nitrogens with one attached hydrogen (secondary N) is 3. The van der Waals surface area contributed by atoms with Crippen LogP contribution in [-0.4, -0.2) is 85.7 Å². The van der Waals surface area contributed by atoms with E-state index >= 15 is 0 Å². The zero-order chi connectivity index (χ0) is 34.0. The molecule has 3 aromatic carbocycles. The molecular weight excluding hydrogens is 610 g/mol. The second-order valence-corrected chi connectivity index (χ2v) is 12.2. The molecule has 1 aliphatic heterocycles. The largest absolute Gasteiger partial charge is 0.491 e. The van der Waals surface area contributed by atoms with Gasteiger partial charge >= 0.3 is 0 Å². The highest BCUT2D eigenvalue weighted by Crippen LogP contribution is 2.28. The standard InChI is InChI=1S/C37H43N5O6/c1-25-11-13-33(34(20-25)48-19-6-4-5-10-35(44)42-17-15-41(2)16-18-42)40-36(45)26-12-14-31(27(21-26)24-47-3)39-37(46)29-8-7-9-32-30(29)22-28(23-43)38-32/h7-9,11-14,20-23,38H,4-6,10,15-19,24H2,1-3H3,(H,39,46)(H,40,45). The highest BCUT2D eigenvalue weighted by atomic mass is 16.5. The van der Waals surface area contributed by atoms with E-state index in [1.54, 1.807) is 49.6 Å². The Labute approximate surface area is 280 Å². The first-order chi connectivity index (χ1) is 23.2. The molecule has 3 amide bonds. The van der Waals surface area contributed by atoms with E-state index < -0.39 is 0 Å². The average molecular weight is 654 g/mol. The van der Waals surface area contributed by atoms with E-state index in [1.165, 1.54) is 0 Å². The number of hydrogen-bond acceptors (Lipinski definition) is 7. The van der Waals surface area contributed by atoms with Gasteiger partial charge in [0, 0.05) is 73.0 Å². The van der Waals surface area contributed by atoms with Gasteiger partial charge in [-0.3, -0.25) is 19.2 Å². The van der Waals surface area contributed by atoms with E-state index in [0.717, 1.165) is 51.0 Å². The van der Waals surface area contributed by atoms with Crippen molar-refractivity contribution in [1.82, 2.24) is 14.8 Å². The van der Waals surface area contributed by atoms with Gasteiger partial charge < -0.3 is 34.9 Å². The van der Waals surface area contributed by atoms with Gasteiger partial charge in [0.1, 0.15) is 5.75 Å². The molecule has 2 heterocycles. The fourth-order valence-electron chi connectivity index (χ4n) is 5.76. The number of benzene rings is 3. The van der Waals surface area contributed by atoms with Crippen LogP contribution in [0.15, 0.2) is 60.7 Å². The first-order valence-corrected chi connectivity index (χ1v) is 16.3. The molecule has 0 unspecified atom stereocenters. The highest BCUT2D eigenvalue weighted by Gasteiger charge is 2.19. The van der Waals surface area contributed by atoms with E-state index in [9.17, 15) is 19.2 Å². The van der Waals surface area contributed by atoms with Gasteiger partial charge in [0.25, 0.3) is 11.8 Å². The number of H-pyrrole nitrogens is 1. The molecule has 0 saturated carbocycles. The van der Waals surface area contributed by atoms with E-state index in [1.807, 2.05) is 30.0 Å². The molecule has 48 heavy (non-hydrogen) atoms. The molecule has 0 aliphatic carbocycles. The zero-order valence-electron chi connectivity index (χ0n) is 27.8. The number of carbonyl (C=O) groups is 4. The van der Waals surface area contributed by atoms with Crippen molar-refractivity contribution in [2.45, 2.75) is 39.2 Å². The molecule has 1 fully saturated rings. The molecule has 0 bridgehead atoms. The number of anilines is 2. The summed E-state index contributed by atoms with van der Waals surface area (Å²) in [6, 6.07) is 17.5. The van der Waals surface area contributed by atoms with E-state index in [0.29, 0.717) is 69.7 Å². The van der Waals surface area contributed by atoms with Crippen molar-refractivity contribution in [3.63, 3.8) is 0 Å². The fourth-order valence-corrected chi connectivity index (χ4v) is 5.76. The molecule has 0 atom stereocenters. The number of amides is 3. The summed E-state index contributed by atoms with van der Waals surface area (Å²) in [4.78, 5) is 57.6. The molecule has 1 saturated heterocycles. The normalized spacial score (nSPS) is 13.4. The lowest BCUT2D eigenvalue weighted by Crippen LogP contribution is -2.47. The third kappa shape index (κ3) is 8.67. The molecule has 0 spiro atoms. The Morgan fingerprint density at radius 2 is 1.67 bits per heavy atom. The summed E-state index contributed by atoms with van der Waals surface area (Å²) in [5.74, 6) is 0.115. The molecule has 252 valence electrons. The van der Waals surface area contributed by atoms with Crippen molar-refractivity contribution in [3.05, 3.63) is 88.6 Å². The number of hydrogen-bond donors (Lipinski definition) is 3. The van der Waals surface area contributed by atoms with Crippen LogP contribution in [0.3, 0.4) is 0 Å². The number of ether oxygens (including phenoxy) is 2. The molecular formula is C37H43N5O6. The van der Waals surface area contributed by atoms with Crippen molar-refractivity contribution in [2.24, 2.45) is 0 Å². The van der Waals surface area contributed by atoms with Crippen molar-refractivity contribution in [2.75, 3.05) is 57.6 Å². The number of rotatable bonds is 14. The smallest absolute Gasteiger partial charge is 0.256 e. The summed E-state index contributed by atoms with van der Waals surface area (Å²) in [5.41, 5.74) is 4.55. The van der Waals surface area contributed by atoms with E-state index in [-0.39, 0.29) is 24.3 Å². The van der Waals surface area contributed by atoms with Crippen molar-refractivity contribution < 1.29 is 28.7 Å². The van der Waals surface area contributed by atoms with Crippen LogP contribution in [-0.2, 0) is 16.1 Å². The van der Waals surface area contributed by atoms with Gasteiger partial charge in [0.05, 0.1) is 24.6 Å². The number of nitrogens with zero attached hydrogens (tertiary/aromatic N) is 2. The number of aryl methyl sites for hydroxylation is 1. The van der Waals surface area contributed by atoms with Gasteiger partial charge in [-0.05, 0) is 87.3 Å². The topological polar surface area (TPSA) is 133 Å². The maximum absolute atomic E-state index is 13.4. The number of methoxy groups -OCH3 is 1. The summed E-state index contributed by atoms with van der Waals surface area (Å²) in [6.45, 7) is 6.03. The molecule has 1 aliphatic rings. The van der Waals surface area contributed by atoms with Crippen LogP contribution in [0.4, 0.5) is 11.4 Å². The number of unbranched alkanes of at least 4 members (excludes halogenated alkanes) is 2. The van der Waals surface area contributed by atoms with Crippen LogP contribution in [0.5, 0.6) is 5.75 Å². The SMILES string of the molecule is COCc1cc(C(=O)Nc2ccc(C)cc2OCCCCCC(=O)N2CCN(C)CC2)ccc1NC(=O)c1cccc2[nH]c(C=O)cc12.